The zero-order valence-electron chi connectivity index (χ0n) is 15.8. The number of pyridine rings is 1. The molecular weight excluding hydrogens is 374 g/mol. The molecule has 6 nitrogen and oxygen atoms in total. The van der Waals surface area contributed by atoms with Crippen molar-refractivity contribution in [2.45, 2.75) is 0 Å². The molecule has 2 aromatic carbocycles. The summed E-state index contributed by atoms with van der Waals surface area (Å²) >= 11 is 0. The van der Waals surface area contributed by atoms with Gasteiger partial charge in [0.15, 0.2) is 0 Å². The Morgan fingerprint density at radius 2 is 1.83 bits per heavy atom. The molecule has 0 fully saturated rings. The summed E-state index contributed by atoms with van der Waals surface area (Å²) in [4.78, 5) is 16.4. The lowest BCUT2D eigenvalue weighted by atomic mass is 10.0. The molecule has 4 aromatic rings. The number of nitrogens with zero attached hydrogens (tertiary/aromatic N) is 3. The van der Waals surface area contributed by atoms with Gasteiger partial charge in [-0.25, -0.2) is 0 Å². The van der Waals surface area contributed by atoms with Gasteiger partial charge in [-0.2, -0.15) is 10.4 Å². The SMILES string of the molecule is N#Cc1ccc2c(c1)C(=Cc1ccc3c(C=Cc4ccncc4)n[nH]c3c1)C(=O)N2. The highest BCUT2D eigenvalue weighted by Gasteiger charge is 2.24. The number of aromatic nitrogens is 3. The molecule has 1 aliphatic rings. The van der Waals surface area contributed by atoms with E-state index in [4.69, 9.17) is 5.26 Å². The standard InChI is InChI=1S/C24H15N5O/c25-14-17-3-5-21-19(12-17)20(24(30)27-21)11-16-1-4-18-22(28-29-23(18)13-16)6-2-15-7-9-26-10-8-15/h1-13H,(H,27,30)(H,28,29). The fourth-order valence-corrected chi connectivity index (χ4v) is 3.49. The van der Waals surface area contributed by atoms with Gasteiger partial charge in [0, 0.05) is 34.6 Å². The molecule has 1 amide bonds. The Kier molecular flexibility index (Phi) is 4.19. The van der Waals surface area contributed by atoms with E-state index in [1.165, 1.54) is 0 Å². The van der Waals surface area contributed by atoms with Gasteiger partial charge in [0.25, 0.3) is 5.91 Å². The van der Waals surface area contributed by atoms with Crippen LogP contribution >= 0.6 is 0 Å². The quantitative estimate of drug-likeness (QED) is 0.505. The number of rotatable bonds is 3. The first-order chi connectivity index (χ1) is 14.7. The number of carbonyl (C=O) groups is 1. The van der Waals surface area contributed by atoms with E-state index >= 15 is 0 Å². The number of benzene rings is 2. The van der Waals surface area contributed by atoms with Gasteiger partial charge >= 0.3 is 0 Å². The van der Waals surface area contributed by atoms with E-state index in [1.54, 1.807) is 30.6 Å². The van der Waals surface area contributed by atoms with Crippen molar-refractivity contribution in [2.24, 2.45) is 0 Å². The third-order valence-electron chi connectivity index (χ3n) is 5.00. The van der Waals surface area contributed by atoms with Crippen molar-refractivity contribution >= 4 is 46.3 Å². The molecule has 0 saturated heterocycles. The molecule has 0 radical (unpaired) electrons. The first kappa shape index (κ1) is 17.6. The van der Waals surface area contributed by atoms with Crippen molar-refractivity contribution < 1.29 is 4.79 Å². The fraction of sp³-hybridized carbons (Fsp3) is 0. The molecule has 0 unspecified atom stereocenters. The van der Waals surface area contributed by atoms with Crippen LogP contribution in [0.2, 0.25) is 0 Å². The molecule has 2 aromatic heterocycles. The minimum atomic E-state index is -0.175. The van der Waals surface area contributed by atoms with Crippen LogP contribution < -0.4 is 5.32 Å². The number of aromatic amines is 1. The first-order valence-electron chi connectivity index (χ1n) is 9.35. The van der Waals surface area contributed by atoms with E-state index in [0.29, 0.717) is 11.1 Å². The summed E-state index contributed by atoms with van der Waals surface area (Å²) in [5, 5.41) is 20.4. The molecule has 0 spiro atoms. The average Bonchev–Trinajstić information content (AvgIpc) is 3.32. The zero-order valence-corrected chi connectivity index (χ0v) is 15.8. The normalized spacial score (nSPS) is 14.2. The van der Waals surface area contributed by atoms with Crippen molar-refractivity contribution in [1.82, 2.24) is 15.2 Å². The number of anilines is 1. The second kappa shape index (κ2) is 7.15. The van der Waals surface area contributed by atoms with E-state index in [9.17, 15) is 4.79 Å². The van der Waals surface area contributed by atoms with Crippen LogP contribution in [-0.4, -0.2) is 21.1 Å². The predicted octanol–water partition coefficient (Wildman–Crippen LogP) is 4.49. The Morgan fingerprint density at radius 3 is 2.67 bits per heavy atom. The van der Waals surface area contributed by atoms with Gasteiger partial charge < -0.3 is 5.32 Å². The van der Waals surface area contributed by atoms with Gasteiger partial charge in [-0.3, -0.25) is 14.9 Å². The van der Waals surface area contributed by atoms with Gasteiger partial charge in [-0.05, 0) is 65.7 Å². The Hall–Kier alpha value is -4.50. The number of hydrogen-bond donors (Lipinski definition) is 2. The van der Waals surface area contributed by atoms with Gasteiger partial charge in [-0.1, -0.05) is 12.1 Å². The molecule has 0 bridgehead atoms. The number of amides is 1. The molecule has 6 heteroatoms. The second-order valence-electron chi connectivity index (χ2n) is 6.91. The maximum absolute atomic E-state index is 12.4. The summed E-state index contributed by atoms with van der Waals surface area (Å²) in [6, 6.07) is 17.0. The van der Waals surface area contributed by atoms with Gasteiger partial charge in [0.1, 0.15) is 0 Å². The maximum atomic E-state index is 12.4. The molecule has 2 N–H and O–H groups in total. The van der Waals surface area contributed by atoms with E-state index in [-0.39, 0.29) is 5.91 Å². The summed E-state index contributed by atoms with van der Waals surface area (Å²) in [6.07, 6.45) is 9.27. The van der Waals surface area contributed by atoms with Crippen LogP contribution in [0.5, 0.6) is 0 Å². The molecule has 0 aliphatic carbocycles. The smallest absolute Gasteiger partial charge is 0.256 e. The molecule has 3 heterocycles. The Bertz CT molecular complexity index is 1390. The third kappa shape index (κ3) is 3.15. The van der Waals surface area contributed by atoms with Crippen molar-refractivity contribution in [3.8, 4) is 6.07 Å². The number of carbonyl (C=O) groups excluding carboxylic acids is 1. The average molecular weight is 389 g/mol. The summed E-state index contributed by atoms with van der Waals surface area (Å²) in [7, 11) is 0. The molecule has 5 rings (SSSR count). The minimum absolute atomic E-state index is 0.175. The molecule has 142 valence electrons. The largest absolute Gasteiger partial charge is 0.321 e. The Balaban J connectivity index is 1.49. The van der Waals surface area contributed by atoms with Crippen molar-refractivity contribution in [3.05, 3.63) is 88.9 Å². The topological polar surface area (TPSA) is 94.5 Å². The number of H-pyrrole nitrogens is 1. The molecule has 0 saturated carbocycles. The van der Waals surface area contributed by atoms with Crippen molar-refractivity contribution in [2.75, 3.05) is 5.32 Å². The highest BCUT2D eigenvalue weighted by molar-refractivity contribution is 6.35. The van der Waals surface area contributed by atoms with Crippen LogP contribution in [0.1, 0.15) is 27.9 Å². The fourth-order valence-electron chi connectivity index (χ4n) is 3.49. The van der Waals surface area contributed by atoms with E-state index in [2.05, 4.69) is 26.6 Å². The van der Waals surface area contributed by atoms with Crippen LogP contribution in [0, 0.1) is 11.3 Å². The lowest BCUT2D eigenvalue weighted by Gasteiger charge is -2.00. The van der Waals surface area contributed by atoms with E-state index in [0.717, 1.165) is 39.0 Å². The lowest BCUT2D eigenvalue weighted by Crippen LogP contribution is -2.03. The number of nitriles is 1. The van der Waals surface area contributed by atoms with E-state index in [1.807, 2.05) is 48.6 Å². The number of hydrogen-bond acceptors (Lipinski definition) is 4. The Morgan fingerprint density at radius 1 is 0.967 bits per heavy atom. The second-order valence-corrected chi connectivity index (χ2v) is 6.91. The summed E-state index contributed by atoms with van der Waals surface area (Å²) < 4.78 is 0. The highest BCUT2D eigenvalue weighted by atomic mass is 16.2. The molecule has 1 aliphatic heterocycles. The van der Waals surface area contributed by atoms with Crippen LogP contribution in [-0.2, 0) is 4.79 Å². The Labute approximate surface area is 172 Å². The minimum Gasteiger partial charge on any atom is -0.321 e. The van der Waals surface area contributed by atoms with Crippen LogP contribution in [0.15, 0.2) is 60.9 Å². The number of fused-ring (bicyclic) bond motifs is 2. The van der Waals surface area contributed by atoms with Crippen molar-refractivity contribution in [3.63, 3.8) is 0 Å². The van der Waals surface area contributed by atoms with Gasteiger partial charge in [0.2, 0.25) is 0 Å². The summed E-state index contributed by atoms with van der Waals surface area (Å²) in [5.41, 5.74) is 6.15. The van der Waals surface area contributed by atoms with Crippen LogP contribution in [0.25, 0.3) is 34.7 Å². The van der Waals surface area contributed by atoms with Crippen LogP contribution in [0.3, 0.4) is 0 Å². The van der Waals surface area contributed by atoms with E-state index < -0.39 is 0 Å². The summed E-state index contributed by atoms with van der Waals surface area (Å²) in [6.45, 7) is 0. The van der Waals surface area contributed by atoms with Gasteiger partial charge in [0.05, 0.1) is 22.8 Å². The maximum Gasteiger partial charge on any atom is 0.256 e. The van der Waals surface area contributed by atoms with Crippen LogP contribution in [0.4, 0.5) is 5.69 Å². The predicted molar refractivity (Wildman–Crippen MR) is 117 cm³/mol. The molecule has 0 atom stereocenters. The molecular formula is C24H15N5O. The van der Waals surface area contributed by atoms with Gasteiger partial charge in [-0.15, -0.1) is 0 Å². The lowest BCUT2D eigenvalue weighted by molar-refractivity contribution is -0.110. The zero-order chi connectivity index (χ0) is 20.5. The first-order valence-corrected chi connectivity index (χ1v) is 9.35. The number of nitrogens with one attached hydrogen (secondary N) is 2. The third-order valence-corrected chi connectivity index (χ3v) is 5.00. The molecule has 30 heavy (non-hydrogen) atoms. The van der Waals surface area contributed by atoms with Crippen molar-refractivity contribution in [1.29, 1.82) is 5.26 Å². The monoisotopic (exact) mass is 389 g/mol. The summed E-state index contributed by atoms with van der Waals surface area (Å²) in [5.74, 6) is -0.175. The highest BCUT2D eigenvalue weighted by Crippen LogP contribution is 2.34.